The molecule has 0 aliphatic heterocycles. The largest absolute Gasteiger partial charge is 0.481 e. The van der Waals surface area contributed by atoms with E-state index in [9.17, 15) is 9.36 Å². The van der Waals surface area contributed by atoms with Crippen molar-refractivity contribution in [1.82, 2.24) is 0 Å². The van der Waals surface area contributed by atoms with Gasteiger partial charge in [0.15, 0.2) is 6.16 Å². The normalized spacial score (nSPS) is 13.1. The SMILES string of the molecule is CCOC[P+](=O)CC(Cc1ccccc1)C(=O)O. The Hall–Kier alpha value is -1.25. The number of carbonyl (C=O) groups is 1. The molecule has 2 unspecified atom stereocenters. The number of benzene rings is 1. The summed E-state index contributed by atoms with van der Waals surface area (Å²) < 4.78 is 16.7. The van der Waals surface area contributed by atoms with Gasteiger partial charge in [-0.25, -0.2) is 0 Å². The monoisotopic (exact) mass is 269 g/mol. The average Bonchev–Trinajstić information content (AvgIpc) is 2.36. The smallest absolute Gasteiger partial charge is 0.367 e. The lowest BCUT2D eigenvalue weighted by Crippen LogP contribution is -2.19. The van der Waals surface area contributed by atoms with Crippen molar-refractivity contribution in [3.63, 3.8) is 0 Å². The van der Waals surface area contributed by atoms with Gasteiger partial charge in [0.1, 0.15) is 5.92 Å². The lowest BCUT2D eigenvalue weighted by molar-refractivity contribution is -0.140. The van der Waals surface area contributed by atoms with Crippen molar-refractivity contribution in [2.75, 3.05) is 19.1 Å². The topological polar surface area (TPSA) is 63.6 Å². The van der Waals surface area contributed by atoms with Crippen molar-refractivity contribution < 1.29 is 19.2 Å². The minimum atomic E-state index is -1.61. The van der Waals surface area contributed by atoms with Crippen LogP contribution in [0.4, 0.5) is 0 Å². The van der Waals surface area contributed by atoms with Gasteiger partial charge < -0.3 is 9.84 Å². The highest BCUT2D eigenvalue weighted by molar-refractivity contribution is 7.44. The molecular weight excluding hydrogens is 251 g/mol. The van der Waals surface area contributed by atoms with Gasteiger partial charge in [-0.3, -0.25) is 4.79 Å². The van der Waals surface area contributed by atoms with Crippen LogP contribution in [0.3, 0.4) is 0 Å². The summed E-state index contributed by atoms with van der Waals surface area (Å²) in [4.78, 5) is 11.1. The molecule has 0 bridgehead atoms. The Kier molecular flexibility index (Phi) is 6.55. The number of hydrogen-bond acceptors (Lipinski definition) is 3. The highest BCUT2D eigenvalue weighted by Crippen LogP contribution is 2.26. The zero-order chi connectivity index (χ0) is 13.4. The number of hydrogen-bond donors (Lipinski definition) is 1. The minimum absolute atomic E-state index is 0.143. The molecule has 0 saturated carbocycles. The van der Waals surface area contributed by atoms with Crippen molar-refractivity contribution >= 4 is 13.8 Å². The van der Waals surface area contributed by atoms with E-state index in [1.165, 1.54) is 0 Å². The highest BCUT2D eigenvalue weighted by Gasteiger charge is 2.28. The van der Waals surface area contributed by atoms with E-state index in [2.05, 4.69) is 0 Å². The molecule has 0 aliphatic carbocycles. The van der Waals surface area contributed by atoms with E-state index in [1.54, 1.807) is 0 Å². The number of carboxylic acids is 1. The third-order valence-electron chi connectivity index (χ3n) is 2.54. The fraction of sp³-hybridized carbons (Fsp3) is 0.462. The first kappa shape index (κ1) is 14.8. The first-order valence-corrected chi connectivity index (χ1v) is 7.53. The molecule has 0 fully saturated rings. The molecule has 4 nitrogen and oxygen atoms in total. The van der Waals surface area contributed by atoms with Gasteiger partial charge in [0.25, 0.3) is 0 Å². The van der Waals surface area contributed by atoms with Crippen LogP contribution in [0.2, 0.25) is 0 Å². The quantitative estimate of drug-likeness (QED) is 0.737. The molecule has 1 aromatic rings. The van der Waals surface area contributed by atoms with E-state index in [-0.39, 0.29) is 12.5 Å². The van der Waals surface area contributed by atoms with Crippen molar-refractivity contribution in [3.8, 4) is 0 Å². The van der Waals surface area contributed by atoms with E-state index in [0.717, 1.165) is 5.56 Å². The molecule has 0 heterocycles. The Morgan fingerprint density at radius 2 is 2.06 bits per heavy atom. The van der Waals surface area contributed by atoms with Crippen LogP contribution in [-0.4, -0.2) is 30.2 Å². The van der Waals surface area contributed by atoms with Crippen LogP contribution in [-0.2, 0) is 20.5 Å². The third kappa shape index (κ3) is 5.39. The van der Waals surface area contributed by atoms with Crippen LogP contribution in [0, 0.1) is 5.92 Å². The molecule has 0 amide bonds. The minimum Gasteiger partial charge on any atom is -0.481 e. The zero-order valence-corrected chi connectivity index (χ0v) is 11.3. The van der Waals surface area contributed by atoms with Gasteiger partial charge in [0.05, 0.1) is 0 Å². The van der Waals surface area contributed by atoms with Crippen molar-refractivity contribution in [2.45, 2.75) is 13.3 Å². The van der Waals surface area contributed by atoms with Crippen LogP contribution < -0.4 is 0 Å². The maximum atomic E-state index is 11.7. The van der Waals surface area contributed by atoms with Gasteiger partial charge in [-0.15, -0.1) is 0 Å². The van der Waals surface area contributed by atoms with Crippen LogP contribution in [0.5, 0.6) is 0 Å². The summed E-state index contributed by atoms with van der Waals surface area (Å²) in [6, 6.07) is 9.38. The van der Waals surface area contributed by atoms with E-state index >= 15 is 0 Å². The number of aliphatic carboxylic acids is 1. The Bertz CT molecular complexity index is 391. The van der Waals surface area contributed by atoms with E-state index < -0.39 is 19.7 Å². The maximum absolute atomic E-state index is 11.7. The summed E-state index contributed by atoms with van der Waals surface area (Å²) in [6.07, 6.45) is 0.716. The van der Waals surface area contributed by atoms with Crippen molar-refractivity contribution in [3.05, 3.63) is 35.9 Å². The van der Waals surface area contributed by atoms with Crippen molar-refractivity contribution in [1.29, 1.82) is 0 Å². The Balaban J connectivity index is 2.55. The molecule has 2 atom stereocenters. The summed E-state index contributed by atoms with van der Waals surface area (Å²) in [5.74, 6) is -1.52. The summed E-state index contributed by atoms with van der Waals surface area (Å²) >= 11 is 0. The molecule has 1 N–H and O–H groups in total. The summed E-state index contributed by atoms with van der Waals surface area (Å²) in [7, 11) is -1.61. The fourth-order valence-electron chi connectivity index (χ4n) is 1.62. The molecule has 0 aromatic heterocycles. The van der Waals surface area contributed by atoms with Gasteiger partial charge in [0, 0.05) is 6.61 Å². The molecule has 0 radical (unpaired) electrons. The number of carboxylic acid groups (broad SMARTS) is 1. The van der Waals surface area contributed by atoms with Gasteiger partial charge in [-0.1, -0.05) is 34.9 Å². The summed E-state index contributed by atoms with van der Waals surface area (Å²) in [5.41, 5.74) is 0.949. The Morgan fingerprint density at radius 3 is 2.61 bits per heavy atom. The predicted octanol–water partition coefficient (Wildman–Crippen LogP) is 2.75. The molecule has 5 heteroatoms. The second-order valence-corrected chi connectivity index (χ2v) is 5.60. The molecule has 0 saturated heterocycles. The predicted molar refractivity (Wildman–Crippen MR) is 70.2 cm³/mol. The zero-order valence-electron chi connectivity index (χ0n) is 10.4. The number of rotatable bonds is 8. The van der Waals surface area contributed by atoms with Crippen molar-refractivity contribution in [2.24, 2.45) is 5.92 Å². The highest BCUT2D eigenvalue weighted by atomic mass is 31.1. The Labute approximate surface area is 108 Å². The molecular formula is C13H18O4P+. The molecule has 1 rings (SSSR count). The molecule has 0 spiro atoms. The van der Waals surface area contributed by atoms with Gasteiger partial charge in [-0.05, 0) is 18.9 Å². The standard InChI is InChI=1S/C13H17O4P/c1-2-17-10-18(16)9-12(13(14)15)8-11-6-4-3-5-7-11/h3-7,12H,2,8-10H2,1H3/p+1. The van der Waals surface area contributed by atoms with Gasteiger partial charge >= 0.3 is 13.8 Å². The fourth-order valence-corrected chi connectivity index (χ4v) is 2.89. The van der Waals surface area contributed by atoms with E-state index in [1.807, 2.05) is 37.3 Å². The second-order valence-electron chi connectivity index (χ2n) is 4.01. The van der Waals surface area contributed by atoms with Crippen LogP contribution in [0.15, 0.2) is 30.3 Å². The van der Waals surface area contributed by atoms with Crippen LogP contribution in [0.25, 0.3) is 0 Å². The first-order chi connectivity index (χ1) is 8.63. The first-order valence-electron chi connectivity index (χ1n) is 5.90. The third-order valence-corrected chi connectivity index (χ3v) is 3.86. The molecule has 1 aromatic carbocycles. The van der Waals surface area contributed by atoms with Crippen LogP contribution in [0.1, 0.15) is 12.5 Å². The summed E-state index contributed by atoms with van der Waals surface area (Å²) in [5, 5.41) is 9.14. The van der Waals surface area contributed by atoms with Gasteiger partial charge in [0.2, 0.25) is 6.35 Å². The molecule has 0 aliphatic rings. The maximum Gasteiger partial charge on any atom is 0.367 e. The van der Waals surface area contributed by atoms with E-state index in [0.29, 0.717) is 13.0 Å². The molecule has 98 valence electrons. The lowest BCUT2D eigenvalue weighted by Gasteiger charge is -2.07. The summed E-state index contributed by atoms with van der Waals surface area (Å²) in [6.45, 7) is 2.32. The Morgan fingerprint density at radius 1 is 1.39 bits per heavy atom. The molecule has 18 heavy (non-hydrogen) atoms. The lowest BCUT2D eigenvalue weighted by atomic mass is 10.0. The number of ether oxygens (including phenoxy) is 1. The van der Waals surface area contributed by atoms with Gasteiger partial charge in [-0.2, -0.15) is 0 Å². The average molecular weight is 269 g/mol. The van der Waals surface area contributed by atoms with E-state index in [4.69, 9.17) is 9.84 Å². The second kappa shape index (κ2) is 7.96. The van der Waals surface area contributed by atoms with Crippen LogP contribution >= 0.6 is 7.80 Å².